The maximum absolute atomic E-state index is 12.9. The van der Waals surface area contributed by atoms with Crippen LogP contribution in [0, 0.1) is 17.3 Å². The van der Waals surface area contributed by atoms with Crippen molar-refractivity contribution in [3.05, 3.63) is 54.3 Å². The van der Waals surface area contributed by atoms with E-state index in [9.17, 15) is 9.65 Å². The molecule has 0 unspecified atom stereocenters. The van der Waals surface area contributed by atoms with E-state index in [1.807, 2.05) is 24.3 Å². The monoisotopic (exact) mass is 237 g/mol. The van der Waals surface area contributed by atoms with Crippen molar-refractivity contribution in [2.24, 2.45) is 0 Å². The van der Waals surface area contributed by atoms with Gasteiger partial charge in [-0.25, -0.2) is 13.9 Å². The van der Waals surface area contributed by atoms with Crippen molar-refractivity contribution in [1.29, 1.82) is 5.26 Å². The topological polar surface area (TPSA) is 41.6 Å². The van der Waals surface area contributed by atoms with Gasteiger partial charge in [-0.15, -0.1) is 0 Å². The van der Waals surface area contributed by atoms with Crippen LogP contribution in [-0.4, -0.2) is 9.55 Å². The van der Waals surface area contributed by atoms with Crippen LogP contribution in [0.2, 0.25) is 0 Å². The number of halogens is 1. The summed E-state index contributed by atoms with van der Waals surface area (Å²) in [5.74, 6) is 0.220. The second kappa shape index (κ2) is 3.97. The summed E-state index contributed by atoms with van der Waals surface area (Å²) >= 11 is 0. The zero-order chi connectivity index (χ0) is 12.5. The molecule has 0 spiro atoms. The lowest BCUT2D eigenvalue weighted by atomic mass is 10.2. The van der Waals surface area contributed by atoms with Gasteiger partial charge in [-0.2, -0.15) is 5.26 Å². The molecule has 1 heterocycles. The highest BCUT2D eigenvalue weighted by Crippen LogP contribution is 2.23. The van der Waals surface area contributed by atoms with Crippen LogP contribution in [-0.2, 0) is 0 Å². The number of nitriles is 1. The van der Waals surface area contributed by atoms with Crippen LogP contribution >= 0.6 is 0 Å². The van der Waals surface area contributed by atoms with Crippen LogP contribution < -0.4 is 0 Å². The van der Waals surface area contributed by atoms with E-state index in [0.717, 1.165) is 11.0 Å². The summed E-state index contributed by atoms with van der Waals surface area (Å²) in [6.45, 7) is 0. The molecule has 0 N–H and O–H groups in total. The Balaban J connectivity index is 2.29. The van der Waals surface area contributed by atoms with E-state index in [1.165, 1.54) is 16.7 Å². The second-order valence-electron chi connectivity index (χ2n) is 3.87. The molecule has 3 aromatic rings. The van der Waals surface area contributed by atoms with Crippen molar-refractivity contribution in [2.75, 3.05) is 0 Å². The van der Waals surface area contributed by atoms with Gasteiger partial charge in [-0.3, -0.25) is 0 Å². The summed E-state index contributed by atoms with van der Waals surface area (Å²) < 4.78 is 14.3. The van der Waals surface area contributed by atoms with Gasteiger partial charge in [0.2, 0.25) is 0 Å². The third-order valence-electron chi connectivity index (χ3n) is 2.76. The molecule has 0 saturated heterocycles. The van der Waals surface area contributed by atoms with Gasteiger partial charge in [-0.1, -0.05) is 12.1 Å². The van der Waals surface area contributed by atoms with Crippen molar-refractivity contribution >= 4 is 11.0 Å². The van der Waals surface area contributed by atoms with E-state index < -0.39 is 0 Å². The fourth-order valence-electron chi connectivity index (χ4n) is 1.92. The molecule has 4 heteroatoms. The minimum Gasteiger partial charge on any atom is -0.228 e. The Hall–Kier alpha value is -2.67. The number of rotatable bonds is 1. The molecule has 0 aliphatic rings. The van der Waals surface area contributed by atoms with E-state index in [2.05, 4.69) is 11.2 Å². The van der Waals surface area contributed by atoms with Gasteiger partial charge in [-0.05, 0) is 36.4 Å². The zero-order valence-electron chi connectivity index (χ0n) is 9.34. The lowest BCUT2D eigenvalue weighted by molar-refractivity contribution is 0.628. The van der Waals surface area contributed by atoms with Gasteiger partial charge in [0.15, 0.2) is 12.0 Å². The molecule has 0 aliphatic carbocycles. The maximum Gasteiger partial charge on any atom is 0.190 e. The highest BCUT2D eigenvalue weighted by atomic mass is 19.1. The van der Waals surface area contributed by atoms with E-state index >= 15 is 0 Å². The molecule has 0 saturated carbocycles. The Morgan fingerprint density at radius 3 is 2.50 bits per heavy atom. The summed E-state index contributed by atoms with van der Waals surface area (Å²) in [6, 6.07) is 13.3. The van der Waals surface area contributed by atoms with Crippen molar-refractivity contribution in [2.45, 2.75) is 0 Å². The number of hydrogen-bond donors (Lipinski definition) is 0. The number of aromatic nitrogens is 2. The minimum absolute atomic E-state index is 0.307. The largest absolute Gasteiger partial charge is 0.228 e. The highest BCUT2D eigenvalue weighted by molar-refractivity contribution is 5.81. The summed E-state index contributed by atoms with van der Waals surface area (Å²) in [5.41, 5.74) is 2.21. The first kappa shape index (κ1) is 10.5. The molecule has 86 valence electrons. The molecule has 0 amide bonds. The second-order valence-corrected chi connectivity index (χ2v) is 3.87. The quantitative estimate of drug-likeness (QED) is 0.652. The average molecular weight is 237 g/mol. The van der Waals surface area contributed by atoms with Crippen LogP contribution in [0.4, 0.5) is 4.39 Å². The summed E-state index contributed by atoms with van der Waals surface area (Å²) in [6.07, 6.45) is 2.09. The van der Waals surface area contributed by atoms with E-state index in [-0.39, 0.29) is 5.82 Å². The van der Waals surface area contributed by atoms with E-state index in [4.69, 9.17) is 0 Å². The molecule has 2 aromatic carbocycles. The number of imidazole rings is 1. The fraction of sp³-hybridized carbons (Fsp3) is 0. The Morgan fingerprint density at radius 2 is 1.78 bits per heavy atom. The highest BCUT2D eigenvalue weighted by Gasteiger charge is 2.11. The third-order valence-corrected chi connectivity index (χ3v) is 2.76. The Morgan fingerprint density at radius 1 is 1.06 bits per heavy atom. The van der Waals surface area contributed by atoms with Crippen LogP contribution in [0.3, 0.4) is 0 Å². The Labute approximate surface area is 103 Å². The Bertz CT molecular complexity index is 751. The van der Waals surface area contributed by atoms with Crippen LogP contribution in [0.1, 0.15) is 0 Å². The van der Waals surface area contributed by atoms with E-state index in [0.29, 0.717) is 11.4 Å². The lowest BCUT2D eigenvalue weighted by Gasteiger charge is -1.99. The van der Waals surface area contributed by atoms with Gasteiger partial charge >= 0.3 is 0 Å². The summed E-state index contributed by atoms with van der Waals surface area (Å²) in [5, 5.41) is 9.22. The number of benzene rings is 2. The van der Waals surface area contributed by atoms with Crippen molar-refractivity contribution in [1.82, 2.24) is 9.55 Å². The van der Waals surface area contributed by atoms with Crippen LogP contribution in [0.25, 0.3) is 22.4 Å². The van der Waals surface area contributed by atoms with Gasteiger partial charge in [0.1, 0.15) is 5.82 Å². The first-order valence-electron chi connectivity index (χ1n) is 5.43. The molecule has 0 radical (unpaired) electrons. The molecule has 3 rings (SSSR count). The molecule has 0 bridgehead atoms. The molecule has 0 aliphatic heterocycles. The molecule has 0 atom stereocenters. The zero-order valence-corrected chi connectivity index (χ0v) is 9.34. The number of nitrogens with zero attached hydrogens (tertiary/aromatic N) is 3. The van der Waals surface area contributed by atoms with Gasteiger partial charge < -0.3 is 0 Å². The van der Waals surface area contributed by atoms with Crippen molar-refractivity contribution in [3.63, 3.8) is 0 Å². The first-order chi connectivity index (χ1) is 8.79. The molecule has 1 aromatic heterocycles. The predicted octanol–water partition coefficient (Wildman–Crippen LogP) is 3.17. The third kappa shape index (κ3) is 1.54. The van der Waals surface area contributed by atoms with Gasteiger partial charge in [0.05, 0.1) is 11.0 Å². The molecular formula is C14H8FN3. The Kier molecular flexibility index (Phi) is 2.31. The standard InChI is InChI=1S/C14H8FN3/c15-11-7-5-10(6-8-11)14-17-12-3-1-2-4-13(12)18(14)9-16/h1-8H. The molecule has 0 fully saturated rings. The maximum atomic E-state index is 12.9. The minimum atomic E-state index is -0.307. The van der Waals surface area contributed by atoms with Gasteiger partial charge in [0.25, 0.3) is 0 Å². The van der Waals surface area contributed by atoms with Crippen molar-refractivity contribution in [3.8, 4) is 17.6 Å². The molecular weight excluding hydrogens is 229 g/mol. The SMILES string of the molecule is N#Cn1c(-c2ccc(F)cc2)nc2ccccc21. The average Bonchev–Trinajstić information content (AvgIpc) is 2.78. The number of fused-ring (bicyclic) bond motifs is 1. The van der Waals surface area contributed by atoms with Crippen molar-refractivity contribution < 1.29 is 4.39 Å². The lowest BCUT2D eigenvalue weighted by Crippen LogP contribution is -1.92. The summed E-state index contributed by atoms with van der Waals surface area (Å²) in [4.78, 5) is 4.40. The fourth-order valence-corrected chi connectivity index (χ4v) is 1.92. The first-order valence-corrected chi connectivity index (χ1v) is 5.43. The predicted molar refractivity (Wildman–Crippen MR) is 66.1 cm³/mol. The van der Waals surface area contributed by atoms with Crippen LogP contribution in [0.15, 0.2) is 48.5 Å². The van der Waals surface area contributed by atoms with Gasteiger partial charge in [0, 0.05) is 5.56 Å². The smallest absolute Gasteiger partial charge is 0.190 e. The van der Waals surface area contributed by atoms with Crippen LogP contribution in [0.5, 0.6) is 0 Å². The number of hydrogen-bond acceptors (Lipinski definition) is 2. The van der Waals surface area contributed by atoms with E-state index in [1.54, 1.807) is 12.1 Å². The summed E-state index contributed by atoms with van der Waals surface area (Å²) in [7, 11) is 0. The molecule has 18 heavy (non-hydrogen) atoms. The normalized spacial score (nSPS) is 10.4. The molecule has 3 nitrogen and oxygen atoms in total. The number of para-hydroxylation sites is 2.